The van der Waals surface area contributed by atoms with Crippen LogP contribution in [0.2, 0.25) is 0 Å². The highest BCUT2D eigenvalue weighted by molar-refractivity contribution is 5.23. The van der Waals surface area contributed by atoms with Gasteiger partial charge < -0.3 is 5.11 Å². The summed E-state index contributed by atoms with van der Waals surface area (Å²) in [6.07, 6.45) is 11.8. The third kappa shape index (κ3) is 2.88. The zero-order valence-corrected chi connectivity index (χ0v) is 12.6. The Bertz CT molecular complexity index is 302. The molecule has 0 aromatic carbocycles. The van der Waals surface area contributed by atoms with Gasteiger partial charge in [-0.3, -0.25) is 0 Å². The van der Waals surface area contributed by atoms with Crippen LogP contribution >= 0.6 is 0 Å². The zero-order valence-electron chi connectivity index (χ0n) is 12.6. The minimum Gasteiger partial charge on any atom is -0.392 e. The molecule has 1 heteroatoms. The zero-order chi connectivity index (χ0) is 13.6. The van der Waals surface area contributed by atoms with Crippen molar-refractivity contribution in [1.82, 2.24) is 0 Å². The summed E-state index contributed by atoms with van der Waals surface area (Å²) in [7, 11) is 0. The minimum absolute atomic E-state index is 0.225. The lowest BCUT2D eigenvalue weighted by Crippen LogP contribution is -2.27. The molecular formula is C17H30O. The quantitative estimate of drug-likeness (QED) is 0.639. The Balaban J connectivity index is 2.81. The Morgan fingerprint density at radius 1 is 1.33 bits per heavy atom. The maximum absolute atomic E-state index is 9.26. The molecule has 1 aliphatic rings. The Morgan fingerprint density at radius 2 is 2.00 bits per heavy atom. The van der Waals surface area contributed by atoms with Crippen LogP contribution in [-0.2, 0) is 0 Å². The molecular weight excluding hydrogens is 220 g/mol. The summed E-state index contributed by atoms with van der Waals surface area (Å²) in [4.78, 5) is 0. The van der Waals surface area contributed by atoms with E-state index in [1.807, 2.05) is 0 Å². The first kappa shape index (κ1) is 15.5. The van der Waals surface area contributed by atoms with Crippen LogP contribution in [0.3, 0.4) is 0 Å². The van der Waals surface area contributed by atoms with E-state index in [1.165, 1.54) is 31.3 Å². The fourth-order valence-electron chi connectivity index (χ4n) is 3.70. The SMILES string of the molecule is CCC(=CCC1CC=C(CC)C1(CC)CC)CO. The molecule has 0 heterocycles. The van der Waals surface area contributed by atoms with E-state index in [1.54, 1.807) is 5.57 Å². The molecule has 1 unspecified atom stereocenters. The molecule has 18 heavy (non-hydrogen) atoms. The Morgan fingerprint density at radius 3 is 2.44 bits per heavy atom. The minimum atomic E-state index is 0.225. The van der Waals surface area contributed by atoms with Crippen molar-refractivity contribution in [2.24, 2.45) is 11.3 Å². The first-order valence-corrected chi connectivity index (χ1v) is 7.66. The van der Waals surface area contributed by atoms with Crippen LogP contribution in [0.1, 0.15) is 66.2 Å². The van der Waals surface area contributed by atoms with Gasteiger partial charge in [0, 0.05) is 0 Å². The van der Waals surface area contributed by atoms with Crippen molar-refractivity contribution < 1.29 is 5.11 Å². The predicted octanol–water partition coefficient (Wildman–Crippen LogP) is 4.87. The van der Waals surface area contributed by atoms with Gasteiger partial charge in [-0.1, -0.05) is 45.4 Å². The number of aliphatic hydroxyl groups is 1. The molecule has 1 atom stereocenters. The second-order valence-electron chi connectivity index (χ2n) is 5.49. The number of hydrogen-bond acceptors (Lipinski definition) is 1. The maximum atomic E-state index is 9.26. The Kier molecular flexibility index (Phi) is 6.14. The second kappa shape index (κ2) is 7.13. The lowest BCUT2D eigenvalue weighted by molar-refractivity contribution is 0.211. The number of allylic oxidation sites excluding steroid dienone is 3. The molecule has 0 aromatic heterocycles. The molecule has 0 bridgehead atoms. The summed E-state index contributed by atoms with van der Waals surface area (Å²) >= 11 is 0. The van der Waals surface area contributed by atoms with E-state index in [9.17, 15) is 5.11 Å². The highest BCUT2D eigenvalue weighted by atomic mass is 16.3. The van der Waals surface area contributed by atoms with E-state index in [-0.39, 0.29) is 6.61 Å². The van der Waals surface area contributed by atoms with Crippen molar-refractivity contribution >= 4 is 0 Å². The number of aliphatic hydroxyl groups excluding tert-OH is 1. The number of hydrogen-bond donors (Lipinski definition) is 1. The van der Waals surface area contributed by atoms with Gasteiger partial charge in [0.05, 0.1) is 6.61 Å². The highest BCUT2D eigenvalue weighted by Crippen LogP contribution is 2.51. The van der Waals surface area contributed by atoms with Gasteiger partial charge in [0.25, 0.3) is 0 Å². The molecule has 0 aliphatic heterocycles. The molecule has 1 aliphatic carbocycles. The first-order chi connectivity index (χ1) is 8.68. The van der Waals surface area contributed by atoms with E-state index in [0.29, 0.717) is 5.41 Å². The topological polar surface area (TPSA) is 20.2 Å². The van der Waals surface area contributed by atoms with Gasteiger partial charge in [-0.25, -0.2) is 0 Å². The highest BCUT2D eigenvalue weighted by Gasteiger charge is 2.40. The van der Waals surface area contributed by atoms with Crippen LogP contribution in [0.15, 0.2) is 23.3 Å². The van der Waals surface area contributed by atoms with Crippen molar-refractivity contribution in [3.8, 4) is 0 Å². The second-order valence-corrected chi connectivity index (χ2v) is 5.49. The molecule has 0 saturated heterocycles. The normalized spacial score (nSPS) is 23.3. The predicted molar refractivity (Wildman–Crippen MR) is 79.6 cm³/mol. The fraction of sp³-hybridized carbons (Fsp3) is 0.765. The van der Waals surface area contributed by atoms with E-state index in [0.717, 1.165) is 18.8 Å². The van der Waals surface area contributed by atoms with E-state index in [2.05, 4.69) is 39.8 Å². The van der Waals surface area contributed by atoms with Crippen molar-refractivity contribution in [2.45, 2.75) is 66.2 Å². The Hall–Kier alpha value is -0.560. The molecule has 0 spiro atoms. The van der Waals surface area contributed by atoms with Gasteiger partial charge in [-0.2, -0.15) is 0 Å². The average molecular weight is 250 g/mol. The molecule has 1 N–H and O–H groups in total. The summed E-state index contributed by atoms with van der Waals surface area (Å²) in [6, 6.07) is 0. The summed E-state index contributed by atoms with van der Waals surface area (Å²) in [6.45, 7) is 9.31. The molecule has 1 nitrogen and oxygen atoms in total. The van der Waals surface area contributed by atoms with Crippen molar-refractivity contribution in [2.75, 3.05) is 6.61 Å². The third-order valence-corrected chi connectivity index (χ3v) is 5.06. The van der Waals surface area contributed by atoms with Crippen molar-refractivity contribution in [3.63, 3.8) is 0 Å². The number of rotatable bonds is 7. The molecule has 0 amide bonds. The van der Waals surface area contributed by atoms with E-state index >= 15 is 0 Å². The monoisotopic (exact) mass is 250 g/mol. The van der Waals surface area contributed by atoms with Crippen LogP contribution in [0.4, 0.5) is 0 Å². The first-order valence-electron chi connectivity index (χ1n) is 7.66. The van der Waals surface area contributed by atoms with Gasteiger partial charge in [0.1, 0.15) is 0 Å². The maximum Gasteiger partial charge on any atom is 0.0641 e. The fourth-order valence-corrected chi connectivity index (χ4v) is 3.70. The van der Waals surface area contributed by atoms with Crippen LogP contribution in [0.25, 0.3) is 0 Å². The lowest BCUT2D eigenvalue weighted by Gasteiger charge is -2.37. The molecule has 0 saturated carbocycles. The van der Waals surface area contributed by atoms with Gasteiger partial charge in [-0.15, -0.1) is 0 Å². The summed E-state index contributed by atoms with van der Waals surface area (Å²) < 4.78 is 0. The van der Waals surface area contributed by atoms with Gasteiger partial charge in [-0.05, 0) is 55.4 Å². The molecule has 104 valence electrons. The van der Waals surface area contributed by atoms with Gasteiger partial charge in [0.2, 0.25) is 0 Å². The van der Waals surface area contributed by atoms with E-state index < -0.39 is 0 Å². The Labute approximate surface area is 113 Å². The molecule has 0 aromatic rings. The van der Waals surface area contributed by atoms with Gasteiger partial charge >= 0.3 is 0 Å². The van der Waals surface area contributed by atoms with Crippen LogP contribution < -0.4 is 0 Å². The van der Waals surface area contributed by atoms with E-state index in [4.69, 9.17) is 0 Å². The summed E-state index contributed by atoms with van der Waals surface area (Å²) in [5.41, 5.74) is 3.30. The van der Waals surface area contributed by atoms with Crippen LogP contribution in [0, 0.1) is 11.3 Å². The standard InChI is InChI=1S/C17H30O/c1-5-14(13-18)9-10-16-12-11-15(6-2)17(16,7-3)8-4/h9,11,16,18H,5-8,10,12-13H2,1-4H3. The van der Waals surface area contributed by atoms with Crippen molar-refractivity contribution in [3.05, 3.63) is 23.3 Å². The third-order valence-electron chi connectivity index (χ3n) is 5.06. The van der Waals surface area contributed by atoms with Gasteiger partial charge in [0.15, 0.2) is 0 Å². The largest absolute Gasteiger partial charge is 0.392 e. The molecule has 0 radical (unpaired) electrons. The summed E-state index contributed by atoms with van der Waals surface area (Å²) in [5.74, 6) is 0.746. The molecule has 0 fully saturated rings. The van der Waals surface area contributed by atoms with Crippen LogP contribution in [0.5, 0.6) is 0 Å². The molecule has 1 rings (SSSR count). The van der Waals surface area contributed by atoms with Crippen LogP contribution in [-0.4, -0.2) is 11.7 Å². The lowest BCUT2D eigenvalue weighted by atomic mass is 9.68. The average Bonchev–Trinajstić information content (AvgIpc) is 2.78. The smallest absolute Gasteiger partial charge is 0.0641 e. The van der Waals surface area contributed by atoms with Crippen molar-refractivity contribution in [1.29, 1.82) is 0 Å². The summed E-state index contributed by atoms with van der Waals surface area (Å²) in [5, 5.41) is 9.26.